The van der Waals surface area contributed by atoms with Crippen LogP contribution in [0.25, 0.3) is 76.8 Å². The van der Waals surface area contributed by atoms with Gasteiger partial charge < -0.3 is 0 Å². The van der Waals surface area contributed by atoms with Gasteiger partial charge in [0.1, 0.15) is 0 Å². The van der Waals surface area contributed by atoms with E-state index in [2.05, 4.69) is 158 Å². The molecule has 1 aliphatic heterocycles. The van der Waals surface area contributed by atoms with Gasteiger partial charge in [0.25, 0.3) is 0 Å². The van der Waals surface area contributed by atoms with Crippen molar-refractivity contribution in [1.29, 1.82) is 0 Å². The van der Waals surface area contributed by atoms with E-state index in [4.69, 9.17) is 0 Å². The van der Waals surface area contributed by atoms with Crippen LogP contribution in [0.4, 0.5) is 0 Å². The predicted molar refractivity (Wildman–Crippen MR) is 185 cm³/mol. The van der Waals surface area contributed by atoms with E-state index in [0.717, 1.165) is 0 Å². The summed E-state index contributed by atoms with van der Waals surface area (Å²) < 4.78 is 0. The highest BCUT2D eigenvalue weighted by Crippen LogP contribution is 2.51. The summed E-state index contributed by atoms with van der Waals surface area (Å²) in [4.78, 5) is 2.66. The first-order valence-electron chi connectivity index (χ1n) is 14.8. The van der Waals surface area contributed by atoms with Crippen LogP contribution in [0.1, 0.15) is 0 Å². The van der Waals surface area contributed by atoms with Crippen LogP contribution in [-0.2, 0) is 0 Å². The Labute approximate surface area is 255 Å². The number of benzene rings is 8. The summed E-state index contributed by atoms with van der Waals surface area (Å²) >= 11 is 1.88. The van der Waals surface area contributed by atoms with Crippen LogP contribution in [0.15, 0.2) is 168 Å². The fraction of sp³-hybridized carbons (Fsp3) is 0. The third-order valence-corrected chi connectivity index (χ3v) is 9.95. The maximum Gasteiger partial charge on any atom is 0.0207 e. The van der Waals surface area contributed by atoms with Gasteiger partial charge in [0.05, 0.1) is 0 Å². The Morgan fingerprint density at radius 2 is 0.884 bits per heavy atom. The summed E-state index contributed by atoms with van der Waals surface area (Å²) in [7, 11) is 0. The van der Waals surface area contributed by atoms with Gasteiger partial charge in [0.15, 0.2) is 0 Å². The quantitative estimate of drug-likeness (QED) is 0.193. The highest BCUT2D eigenvalue weighted by atomic mass is 32.2. The second-order valence-corrected chi connectivity index (χ2v) is 12.3. The maximum atomic E-state index is 2.44. The van der Waals surface area contributed by atoms with Crippen LogP contribution in [0.2, 0.25) is 0 Å². The van der Waals surface area contributed by atoms with Crippen molar-refractivity contribution in [3.63, 3.8) is 0 Å². The molecular weight excluding hydrogens is 537 g/mol. The van der Waals surface area contributed by atoms with E-state index >= 15 is 0 Å². The van der Waals surface area contributed by atoms with Crippen molar-refractivity contribution in [2.75, 3.05) is 0 Å². The van der Waals surface area contributed by atoms with Crippen LogP contribution in [0, 0.1) is 0 Å². The standard InChI is InChI=1S/C42H26S/c1-2-12-27(13-3-1)28-14-10-15-29(24-28)40-33-18-4-6-20-35(33)41(36-21-7-5-19-34(36)40)31-25-30-16-11-23-39-42(30)37(26-31)32-17-8-9-22-38(32)43-39/h1-26H. The SMILES string of the molecule is c1ccc(-c2cccc(-c3c4ccccc4c(-c4cc5c6c(cccc6c4)Sc4ccccc4-5)c4ccccc34)c2)cc1. The van der Waals surface area contributed by atoms with Crippen LogP contribution >= 0.6 is 11.8 Å². The van der Waals surface area contributed by atoms with E-state index in [1.165, 1.54) is 86.6 Å². The summed E-state index contributed by atoms with van der Waals surface area (Å²) in [6.07, 6.45) is 0. The predicted octanol–water partition coefficient (Wildman–Crippen LogP) is 12.3. The molecule has 0 saturated heterocycles. The van der Waals surface area contributed by atoms with Gasteiger partial charge in [-0.15, -0.1) is 0 Å². The molecule has 0 unspecified atom stereocenters. The van der Waals surface area contributed by atoms with E-state index in [1.807, 2.05) is 11.8 Å². The first kappa shape index (κ1) is 24.5. The molecule has 9 rings (SSSR count). The molecule has 8 aromatic rings. The number of fused-ring (bicyclic) bond motifs is 4. The lowest BCUT2D eigenvalue weighted by molar-refractivity contribution is 1.40. The molecule has 0 fully saturated rings. The lowest BCUT2D eigenvalue weighted by atomic mass is 9.84. The minimum atomic E-state index is 1.23. The molecule has 0 spiro atoms. The molecule has 1 aliphatic rings. The minimum Gasteiger partial charge on any atom is -0.0888 e. The Balaban J connectivity index is 1.36. The van der Waals surface area contributed by atoms with Crippen LogP contribution in [0.5, 0.6) is 0 Å². The van der Waals surface area contributed by atoms with Crippen molar-refractivity contribution in [1.82, 2.24) is 0 Å². The van der Waals surface area contributed by atoms with Crippen molar-refractivity contribution >= 4 is 44.1 Å². The summed E-state index contributed by atoms with van der Waals surface area (Å²) in [5, 5.41) is 7.77. The molecular formula is C42H26S. The third kappa shape index (κ3) is 3.86. The van der Waals surface area contributed by atoms with Gasteiger partial charge in [0.2, 0.25) is 0 Å². The second kappa shape index (κ2) is 9.73. The first-order chi connectivity index (χ1) is 21.3. The number of hydrogen-bond acceptors (Lipinski definition) is 1. The molecule has 0 aliphatic carbocycles. The van der Waals surface area contributed by atoms with Crippen molar-refractivity contribution in [2.24, 2.45) is 0 Å². The van der Waals surface area contributed by atoms with Crippen molar-refractivity contribution < 1.29 is 0 Å². The molecule has 0 N–H and O–H groups in total. The van der Waals surface area contributed by atoms with Gasteiger partial charge >= 0.3 is 0 Å². The second-order valence-electron chi connectivity index (χ2n) is 11.3. The molecule has 0 nitrogen and oxygen atoms in total. The fourth-order valence-corrected chi connectivity index (χ4v) is 8.12. The Morgan fingerprint density at radius 3 is 1.63 bits per heavy atom. The average Bonchev–Trinajstić information content (AvgIpc) is 3.07. The van der Waals surface area contributed by atoms with Gasteiger partial charge in [-0.2, -0.15) is 0 Å². The van der Waals surface area contributed by atoms with Crippen molar-refractivity contribution in [3.8, 4) is 44.5 Å². The molecule has 0 radical (unpaired) electrons. The van der Waals surface area contributed by atoms with E-state index in [1.54, 1.807) is 0 Å². The van der Waals surface area contributed by atoms with Gasteiger partial charge in [0, 0.05) is 15.2 Å². The number of hydrogen-bond donors (Lipinski definition) is 0. The van der Waals surface area contributed by atoms with E-state index in [-0.39, 0.29) is 0 Å². The van der Waals surface area contributed by atoms with Gasteiger partial charge in [-0.05, 0) is 102 Å². The lowest BCUT2D eigenvalue weighted by Gasteiger charge is -2.23. The van der Waals surface area contributed by atoms with E-state index < -0.39 is 0 Å². The highest BCUT2D eigenvalue weighted by molar-refractivity contribution is 7.99. The molecule has 0 aromatic heterocycles. The summed E-state index contributed by atoms with van der Waals surface area (Å²) in [6.45, 7) is 0. The first-order valence-corrected chi connectivity index (χ1v) is 15.6. The molecule has 8 aromatic carbocycles. The van der Waals surface area contributed by atoms with Crippen LogP contribution in [0.3, 0.4) is 0 Å². The molecule has 0 saturated carbocycles. The van der Waals surface area contributed by atoms with Gasteiger partial charge in [-0.25, -0.2) is 0 Å². The molecule has 0 bridgehead atoms. The zero-order valence-electron chi connectivity index (χ0n) is 23.4. The summed E-state index contributed by atoms with van der Waals surface area (Å²) in [5.41, 5.74) is 10.2. The fourth-order valence-electron chi connectivity index (χ4n) is 6.97. The molecule has 1 heterocycles. The van der Waals surface area contributed by atoms with Gasteiger partial charge in [-0.3, -0.25) is 0 Å². The third-order valence-electron chi connectivity index (χ3n) is 8.81. The lowest BCUT2D eigenvalue weighted by Crippen LogP contribution is -1.95. The number of rotatable bonds is 3. The largest absolute Gasteiger partial charge is 0.0888 e. The summed E-state index contributed by atoms with van der Waals surface area (Å²) in [6, 6.07) is 58.0. The van der Waals surface area contributed by atoms with E-state index in [9.17, 15) is 0 Å². The van der Waals surface area contributed by atoms with Crippen molar-refractivity contribution in [3.05, 3.63) is 158 Å². The minimum absolute atomic E-state index is 1.23. The van der Waals surface area contributed by atoms with Crippen LogP contribution in [-0.4, -0.2) is 0 Å². The van der Waals surface area contributed by atoms with Crippen LogP contribution < -0.4 is 0 Å². The molecule has 0 amide bonds. The smallest absolute Gasteiger partial charge is 0.0207 e. The Morgan fingerprint density at radius 1 is 0.326 bits per heavy atom. The zero-order valence-corrected chi connectivity index (χ0v) is 24.2. The average molecular weight is 563 g/mol. The monoisotopic (exact) mass is 562 g/mol. The highest BCUT2D eigenvalue weighted by Gasteiger charge is 2.22. The topological polar surface area (TPSA) is 0 Å². The molecule has 200 valence electrons. The Kier molecular flexibility index (Phi) is 5.54. The normalized spacial score (nSPS) is 12.1. The van der Waals surface area contributed by atoms with Crippen molar-refractivity contribution in [2.45, 2.75) is 9.79 Å². The summed E-state index contributed by atoms with van der Waals surface area (Å²) in [5.74, 6) is 0. The maximum absolute atomic E-state index is 2.44. The molecule has 0 atom stereocenters. The van der Waals surface area contributed by atoms with Gasteiger partial charge in [-0.1, -0.05) is 139 Å². The Bertz CT molecular complexity index is 2310. The Hall–Kier alpha value is -5.11. The molecule has 1 heteroatoms. The zero-order chi connectivity index (χ0) is 28.3. The molecule has 43 heavy (non-hydrogen) atoms. The van der Waals surface area contributed by atoms with E-state index in [0.29, 0.717) is 0 Å².